The Kier molecular flexibility index (Phi) is 4.60. The highest BCUT2D eigenvalue weighted by Crippen LogP contribution is 2.04. The number of benzene rings is 1. The molecule has 0 aliphatic carbocycles. The Morgan fingerprint density at radius 3 is 3.00 bits per heavy atom. The molecule has 0 radical (unpaired) electrons. The summed E-state index contributed by atoms with van der Waals surface area (Å²) in [4.78, 5) is 18.2. The van der Waals surface area contributed by atoms with Crippen LogP contribution in [-0.2, 0) is 6.42 Å². The van der Waals surface area contributed by atoms with Gasteiger partial charge in [0.1, 0.15) is 5.82 Å². The number of anilines is 1. The minimum Gasteiger partial charge on any atom is -0.291 e. The number of nitrogens with zero attached hydrogens (tertiary/aromatic N) is 2. The van der Waals surface area contributed by atoms with Gasteiger partial charge in [-0.3, -0.25) is 9.78 Å². The molecule has 0 atom stereocenters. The predicted octanol–water partition coefficient (Wildman–Crippen LogP) is 2.31. The van der Waals surface area contributed by atoms with E-state index in [1.807, 2.05) is 6.92 Å². The molecule has 0 saturated carbocycles. The molecule has 1 heterocycles. The topological polar surface area (TPSA) is 70.1 Å². The summed E-state index contributed by atoms with van der Waals surface area (Å²) in [5.41, 5.74) is 3.40. The highest BCUT2D eigenvalue weighted by Gasteiger charge is 2.00. The molecule has 20 heavy (non-hydrogen) atoms. The molecule has 0 unspecified atom stereocenters. The van der Waals surface area contributed by atoms with Gasteiger partial charge in [0.2, 0.25) is 5.95 Å². The third-order valence-corrected chi connectivity index (χ3v) is 2.58. The van der Waals surface area contributed by atoms with Crippen LogP contribution in [0.3, 0.4) is 0 Å². The van der Waals surface area contributed by atoms with Gasteiger partial charge in [0.15, 0.2) is 0 Å². The van der Waals surface area contributed by atoms with Crippen LogP contribution in [0.4, 0.5) is 10.3 Å². The number of halogens is 1. The number of aryl methyl sites for hydroxylation is 1. The van der Waals surface area contributed by atoms with E-state index < -0.39 is 0 Å². The van der Waals surface area contributed by atoms with E-state index in [4.69, 9.17) is 0 Å². The SMILES string of the molecule is CCCc1cc(=O)[nH]c(N/N=C/c2ccccc2F)n1. The lowest BCUT2D eigenvalue weighted by molar-refractivity contribution is 0.626. The van der Waals surface area contributed by atoms with Crippen LogP contribution in [0, 0.1) is 5.82 Å². The van der Waals surface area contributed by atoms with E-state index in [2.05, 4.69) is 20.5 Å². The van der Waals surface area contributed by atoms with Crippen molar-refractivity contribution in [2.45, 2.75) is 19.8 Å². The lowest BCUT2D eigenvalue weighted by atomic mass is 10.2. The third-order valence-electron chi connectivity index (χ3n) is 2.58. The summed E-state index contributed by atoms with van der Waals surface area (Å²) < 4.78 is 13.4. The van der Waals surface area contributed by atoms with Gasteiger partial charge in [-0.05, 0) is 12.5 Å². The van der Waals surface area contributed by atoms with E-state index in [1.54, 1.807) is 18.2 Å². The first kappa shape index (κ1) is 13.9. The van der Waals surface area contributed by atoms with Crippen molar-refractivity contribution in [3.63, 3.8) is 0 Å². The first-order chi connectivity index (χ1) is 9.69. The van der Waals surface area contributed by atoms with Crippen molar-refractivity contribution in [3.05, 3.63) is 57.8 Å². The maximum atomic E-state index is 13.4. The average Bonchev–Trinajstić information content (AvgIpc) is 2.41. The van der Waals surface area contributed by atoms with Gasteiger partial charge in [0, 0.05) is 17.3 Å². The van der Waals surface area contributed by atoms with Gasteiger partial charge in [-0.15, -0.1) is 0 Å². The molecule has 104 valence electrons. The van der Waals surface area contributed by atoms with E-state index in [0.29, 0.717) is 11.3 Å². The Hall–Kier alpha value is -2.50. The zero-order valence-electron chi connectivity index (χ0n) is 11.1. The normalized spacial score (nSPS) is 10.9. The molecule has 0 aliphatic heterocycles. The van der Waals surface area contributed by atoms with Crippen molar-refractivity contribution >= 4 is 12.2 Å². The Bertz CT molecular complexity index is 666. The number of H-pyrrole nitrogens is 1. The predicted molar refractivity (Wildman–Crippen MR) is 76.5 cm³/mol. The van der Waals surface area contributed by atoms with Crippen LogP contribution in [0.15, 0.2) is 40.2 Å². The highest BCUT2D eigenvalue weighted by atomic mass is 19.1. The van der Waals surface area contributed by atoms with Gasteiger partial charge in [0.25, 0.3) is 5.56 Å². The highest BCUT2D eigenvalue weighted by molar-refractivity contribution is 5.80. The Labute approximate surface area is 115 Å². The molecular weight excluding hydrogens is 259 g/mol. The van der Waals surface area contributed by atoms with E-state index in [1.165, 1.54) is 18.3 Å². The fourth-order valence-electron chi connectivity index (χ4n) is 1.69. The van der Waals surface area contributed by atoms with Crippen molar-refractivity contribution in [3.8, 4) is 0 Å². The molecular formula is C14H15FN4O. The fourth-order valence-corrected chi connectivity index (χ4v) is 1.69. The molecule has 0 amide bonds. The van der Waals surface area contributed by atoms with E-state index >= 15 is 0 Å². The molecule has 0 bridgehead atoms. The summed E-state index contributed by atoms with van der Waals surface area (Å²) in [5, 5.41) is 3.87. The number of aromatic nitrogens is 2. The largest absolute Gasteiger partial charge is 0.291 e. The van der Waals surface area contributed by atoms with Crippen molar-refractivity contribution in [1.82, 2.24) is 9.97 Å². The quantitative estimate of drug-likeness (QED) is 0.649. The maximum Gasteiger partial charge on any atom is 0.252 e. The first-order valence-corrected chi connectivity index (χ1v) is 6.33. The molecule has 0 spiro atoms. The van der Waals surface area contributed by atoms with Gasteiger partial charge in [-0.1, -0.05) is 31.5 Å². The second kappa shape index (κ2) is 6.60. The monoisotopic (exact) mass is 274 g/mol. The maximum absolute atomic E-state index is 13.4. The van der Waals surface area contributed by atoms with Crippen molar-refractivity contribution in [1.29, 1.82) is 0 Å². The molecule has 6 heteroatoms. The second-order valence-electron chi connectivity index (χ2n) is 4.23. The van der Waals surface area contributed by atoms with Crippen molar-refractivity contribution < 1.29 is 4.39 Å². The minimum absolute atomic E-state index is 0.243. The van der Waals surface area contributed by atoms with Crippen LogP contribution >= 0.6 is 0 Å². The van der Waals surface area contributed by atoms with Crippen LogP contribution in [0.5, 0.6) is 0 Å². The van der Waals surface area contributed by atoms with Crippen molar-refractivity contribution in [2.24, 2.45) is 5.10 Å². The van der Waals surface area contributed by atoms with Crippen LogP contribution in [0.1, 0.15) is 24.6 Å². The summed E-state index contributed by atoms with van der Waals surface area (Å²) in [6.45, 7) is 2.01. The Balaban J connectivity index is 2.11. The number of hydrogen-bond donors (Lipinski definition) is 2. The lowest BCUT2D eigenvalue weighted by Gasteiger charge is -2.02. The van der Waals surface area contributed by atoms with E-state index in [0.717, 1.165) is 12.8 Å². The zero-order chi connectivity index (χ0) is 14.4. The minimum atomic E-state index is -0.362. The van der Waals surface area contributed by atoms with Crippen LogP contribution in [0.2, 0.25) is 0 Å². The Morgan fingerprint density at radius 1 is 1.45 bits per heavy atom. The summed E-state index contributed by atoms with van der Waals surface area (Å²) in [6.07, 6.45) is 2.95. The van der Waals surface area contributed by atoms with Crippen LogP contribution in [0.25, 0.3) is 0 Å². The average molecular weight is 274 g/mol. The number of hydrazone groups is 1. The van der Waals surface area contributed by atoms with Crippen LogP contribution < -0.4 is 11.0 Å². The molecule has 0 fully saturated rings. The molecule has 2 N–H and O–H groups in total. The van der Waals surface area contributed by atoms with Gasteiger partial charge in [-0.2, -0.15) is 5.10 Å². The molecule has 1 aromatic carbocycles. The standard InChI is InChI=1S/C14H15FN4O/c1-2-5-11-8-13(20)18-14(17-11)19-16-9-10-6-3-4-7-12(10)15/h3-4,6-9H,2,5H2,1H3,(H2,17,18,19,20)/b16-9+. The molecule has 0 aliphatic rings. The molecule has 0 saturated heterocycles. The molecule has 1 aromatic heterocycles. The third kappa shape index (κ3) is 3.74. The molecule has 2 rings (SSSR count). The number of nitrogens with one attached hydrogen (secondary N) is 2. The van der Waals surface area contributed by atoms with E-state index in [9.17, 15) is 9.18 Å². The van der Waals surface area contributed by atoms with Crippen LogP contribution in [-0.4, -0.2) is 16.2 Å². The molecule has 2 aromatic rings. The van der Waals surface area contributed by atoms with Gasteiger partial charge in [-0.25, -0.2) is 14.8 Å². The summed E-state index contributed by atoms with van der Waals surface area (Å²) in [6, 6.07) is 7.72. The van der Waals surface area contributed by atoms with Crippen molar-refractivity contribution in [2.75, 3.05) is 5.43 Å². The first-order valence-electron chi connectivity index (χ1n) is 6.33. The summed E-state index contributed by atoms with van der Waals surface area (Å²) in [5.74, 6) is -0.118. The smallest absolute Gasteiger partial charge is 0.252 e. The number of aromatic amines is 1. The lowest BCUT2D eigenvalue weighted by Crippen LogP contribution is -2.12. The Morgan fingerprint density at radius 2 is 2.25 bits per heavy atom. The second-order valence-corrected chi connectivity index (χ2v) is 4.23. The van der Waals surface area contributed by atoms with Gasteiger partial charge >= 0.3 is 0 Å². The van der Waals surface area contributed by atoms with E-state index in [-0.39, 0.29) is 17.3 Å². The van der Waals surface area contributed by atoms with Gasteiger partial charge in [0.05, 0.1) is 6.21 Å². The number of rotatable bonds is 5. The molecule has 5 nitrogen and oxygen atoms in total. The fraction of sp³-hybridized carbons (Fsp3) is 0.214. The number of hydrogen-bond acceptors (Lipinski definition) is 4. The zero-order valence-corrected chi connectivity index (χ0v) is 11.1. The summed E-state index contributed by atoms with van der Waals surface area (Å²) in [7, 11) is 0. The van der Waals surface area contributed by atoms with Gasteiger partial charge < -0.3 is 0 Å². The summed E-state index contributed by atoms with van der Waals surface area (Å²) >= 11 is 0.